The molecule has 2 aliphatic rings. The van der Waals surface area contributed by atoms with E-state index in [2.05, 4.69) is 35.2 Å². The summed E-state index contributed by atoms with van der Waals surface area (Å²) >= 11 is 0. The Balaban J connectivity index is 1.60. The molecule has 0 spiro atoms. The van der Waals surface area contributed by atoms with E-state index in [1.54, 1.807) is 0 Å². The molecule has 0 radical (unpaired) electrons. The minimum Gasteiger partial charge on any atom is -0.378 e. The maximum atomic E-state index is 13.9. The van der Waals surface area contributed by atoms with Gasteiger partial charge in [0.15, 0.2) is 0 Å². The number of benzene rings is 2. The minimum absolute atomic E-state index is 0.100. The fourth-order valence-corrected chi connectivity index (χ4v) is 3.91. The summed E-state index contributed by atoms with van der Waals surface area (Å²) in [5.41, 5.74) is 4.03. The van der Waals surface area contributed by atoms with Crippen molar-refractivity contribution in [2.75, 3.05) is 13.2 Å². The van der Waals surface area contributed by atoms with Gasteiger partial charge in [-0.3, -0.25) is 4.90 Å². The van der Waals surface area contributed by atoms with Crippen LogP contribution in [0.5, 0.6) is 0 Å². The lowest BCUT2D eigenvalue weighted by atomic mass is 9.88. The molecule has 2 atom stereocenters. The molecule has 4 rings (SSSR count). The number of nitrogens with zero attached hydrogens (tertiary/aromatic N) is 2. The van der Waals surface area contributed by atoms with Crippen molar-refractivity contribution in [1.29, 1.82) is 5.26 Å². The van der Waals surface area contributed by atoms with Crippen LogP contribution in [-0.2, 0) is 17.7 Å². The fraction of sp³-hybridized carbons (Fsp3) is 0.318. The number of ether oxygens (including phenoxy) is 1. The van der Waals surface area contributed by atoms with Crippen molar-refractivity contribution in [2.45, 2.75) is 31.5 Å². The molecule has 132 valence electrons. The van der Waals surface area contributed by atoms with Crippen LogP contribution in [0.15, 0.2) is 54.6 Å². The topological polar surface area (TPSA) is 36.3 Å². The first kappa shape index (κ1) is 17.0. The summed E-state index contributed by atoms with van der Waals surface area (Å²) in [5, 5.41) is 8.90. The van der Waals surface area contributed by atoms with Crippen LogP contribution in [0.3, 0.4) is 0 Å². The highest BCUT2D eigenvalue weighted by molar-refractivity contribution is 5.68. The summed E-state index contributed by atoms with van der Waals surface area (Å²) in [5.74, 6) is -0.305. The SMILES string of the molecule is N#CCc1cc(C2=CC3COCC(C2)N3Cc2ccccc2)ccc1F. The number of hydrogen-bond donors (Lipinski definition) is 0. The Hall–Kier alpha value is -2.48. The monoisotopic (exact) mass is 348 g/mol. The molecule has 2 bridgehead atoms. The van der Waals surface area contributed by atoms with Gasteiger partial charge in [0.25, 0.3) is 0 Å². The van der Waals surface area contributed by atoms with E-state index >= 15 is 0 Å². The van der Waals surface area contributed by atoms with E-state index in [9.17, 15) is 4.39 Å². The zero-order valence-electron chi connectivity index (χ0n) is 14.6. The molecule has 2 aromatic carbocycles. The van der Waals surface area contributed by atoms with E-state index < -0.39 is 0 Å². The zero-order chi connectivity index (χ0) is 17.9. The Bertz CT molecular complexity index is 856. The third kappa shape index (κ3) is 3.41. The lowest BCUT2D eigenvalue weighted by Gasteiger charge is -2.45. The van der Waals surface area contributed by atoms with Crippen molar-refractivity contribution in [3.05, 3.63) is 77.1 Å². The summed E-state index contributed by atoms with van der Waals surface area (Å²) in [7, 11) is 0. The van der Waals surface area contributed by atoms with Gasteiger partial charge in [-0.2, -0.15) is 5.26 Å². The molecule has 1 fully saturated rings. The quantitative estimate of drug-likeness (QED) is 0.839. The highest BCUT2D eigenvalue weighted by atomic mass is 19.1. The standard InChI is InChI=1S/C22H21FN2O/c23-22-7-6-17(10-18(22)8-9-24)19-11-20-14-26-15-21(12-19)25(20)13-16-4-2-1-3-5-16/h1-7,10-11,20-21H,8,12-15H2. The maximum absolute atomic E-state index is 13.9. The molecule has 4 heteroatoms. The summed E-state index contributed by atoms with van der Waals surface area (Å²) in [4.78, 5) is 2.50. The fourth-order valence-electron chi connectivity index (χ4n) is 3.91. The zero-order valence-corrected chi connectivity index (χ0v) is 14.6. The van der Waals surface area contributed by atoms with Gasteiger partial charge < -0.3 is 4.74 Å². The lowest BCUT2D eigenvalue weighted by Crippen LogP contribution is -2.53. The molecule has 3 nitrogen and oxygen atoms in total. The van der Waals surface area contributed by atoms with E-state index in [1.165, 1.54) is 17.2 Å². The highest BCUT2D eigenvalue weighted by Crippen LogP contribution is 2.34. The van der Waals surface area contributed by atoms with Gasteiger partial charge in [0.2, 0.25) is 0 Å². The first-order chi connectivity index (χ1) is 12.7. The molecule has 26 heavy (non-hydrogen) atoms. The number of rotatable bonds is 4. The van der Waals surface area contributed by atoms with Crippen molar-refractivity contribution in [1.82, 2.24) is 4.90 Å². The Kier molecular flexibility index (Phi) is 4.83. The summed E-state index contributed by atoms with van der Waals surface area (Å²) in [6, 6.07) is 18.2. The normalized spacial score (nSPS) is 22.5. The van der Waals surface area contributed by atoms with Crippen LogP contribution in [0.25, 0.3) is 5.57 Å². The molecule has 0 amide bonds. The molecule has 2 heterocycles. The third-order valence-corrected chi connectivity index (χ3v) is 5.24. The molecule has 0 aliphatic carbocycles. The van der Waals surface area contributed by atoms with Crippen molar-refractivity contribution in [3.8, 4) is 6.07 Å². The van der Waals surface area contributed by atoms with Gasteiger partial charge in [-0.1, -0.05) is 42.5 Å². The molecule has 0 N–H and O–H groups in total. The van der Waals surface area contributed by atoms with Gasteiger partial charge in [-0.05, 0) is 35.3 Å². The molecular formula is C22H21FN2O. The van der Waals surface area contributed by atoms with Gasteiger partial charge in [-0.25, -0.2) is 4.39 Å². The lowest BCUT2D eigenvalue weighted by molar-refractivity contribution is -0.0402. The molecular weight excluding hydrogens is 327 g/mol. The maximum Gasteiger partial charge on any atom is 0.127 e. The van der Waals surface area contributed by atoms with E-state index in [4.69, 9.17) is 10.00 Å². The molecule has 0 aromatic heterocycles. The van der Waals surface area contributed by atoms with Crippen molar-refractivity contribution >= 4 is 5.57 Å². The predicted molar refractivity (Wildman–Crippen MR) is 98.7 cm³/mol. The van der Waals surface area contributed by atoms with Crippen molar-refractivity contribution < 1.29 is 9.13 Å². The summed E-state index contributed by atoms with van der Waals surface area (Å²) in [6.45, 7) is 2.30. The van der Waals surface area contributed by atoms with Gasteiger partial charge in [0, 0.05) is 18.2 Å². The summed E-state index contributed by atoms with van der Waals surface area (Å²) in [6.07, 6.45) is 3.23. The minimum atomic E-state index is -0.305. The van der Waals surface area contributed by atoms with Gasteiger partial charge in [0.1, 0.15) is 5.82 Å². The van der Waals surface area contributed by atoms with Crippen LogP contribution in [0.2, 0.25) is 0 Å². The number of fused-ring (bicyclic) bond motifs is 2. The number of nitriles is 1. The molecule has 2 unspecified atom stereocenters. The Morgan fingerprint density at radius 1 is 1.15 bits per heavy atom. The van der Waals surface area contributed by atoms with Crippen molar-refractivity contribution in [2.24, 2.45) is 0 Å². The number of hydrogen-bond acceptors (Lipinski definition) is 3. The Labute approximate surface area is 153 Å². The highest BCUT2D eigenvalue weighted by Gasteiger charge is 2.34. The average molecular weight is 348 g/mol. The average Bonchev–Trinajstić information content (AvgIpc) is 2.64. The molecule has 2 aromatic rings. The van der Waals surface area contributed by atoms with Gasteiger partial charge in [0.05, 0.1) is 31.7 Å². The van der Waals surface area contributed by atoms with Crippen LogP contribution < -0.4 is 0 Å². The predicted octanol–water partition coefficient (Wildman–Crippen LogP) is 3.95. The second-order valence-electron chi connectivity index (χ2n) is 6.95. The van der Waals surface area contributed by atoms with Crippen LogP contribution >= 0.6 is 0 Å². The molecule has 1 saturated heterocycles. The van der Waals surface area contributed by atoms with Gasteiger partial charge in [-0.15, -0.1) is 0 Å². The Morgan fingerprint density at radius 3 is 2.77 bits per heavy atom. The first-order valence-corrected chi connectivity index (χ1v) is 8.98. The number of halogens is 1. The van der Waals surface area contributed by atoms with Crippen LogP contribution in [0, 0.1) is 17.1 Å². The van der Waals surface area contributed by atoms with E-state index in [-0.39, 0.29) is 18.3 Å². The van der Waals surface area contributed by atoms with Crippen LogP contribution in [0.4, 0.5) is 4.39 Å². The smallest absolute Gasteiger partial charge is 0.127 e. The second kappa shape index (κ2) is 7.41. The van der Waals surface area contributed by atoms with Crippen LogP contribution in [-0.4, -0.2) is 30.2 Å². The third-order valence-electron chi connectivity index (χ3n) is 5.24. The van der Waals surface area contributed by atoms with E-state index in [0.29, 0.717) is 24.8 Å². The van der Waals surface area contributed by atoms with Gasteiger partial charge >= 0.3 is 0 Å². The largest absolute Gasteiger partial charge is 0.378 e. The van der Waals surface area contributed by atoms with E-state index in [0.717, 1.165) is 18.5 Å². The summed E-state index contributed by atoms with van der Waals surface area (Å²) < 4.78 is 19.6. The second-order valence-corrected chi connectivity index (χ2v) is 6.95. The van der Waals surface area contributed by atoms with Crippen LogP contribution in [0.1, 0.15) is 23.1 Å². The molecule has 0 saturated carbocycles. The van der Waals surface area contributed by atoms with E-state index in [1.807, 2.05) is 24.3 Å². The Morgan fingerprint density at radius 2 is 2.00 bits per heavy atom. The van der Waals surface area contributed by atoms with Crippen molar-refractivity contribution in [3.63, 3.8) is 0 Å². The number of morpholine rings is 1. The molecule has 2 aliphatic heterocycles. The first-order valence-electron chi connectivity index (χ1n) is 8.98.